The number of fused-ring (bicyclic) bond motifs is 3. The largest absolute Gasteiger partial charge is 0.449 e. The Balaban J connectivity index is 1.46. The number of furan rings is 1. The van der Waals surface area contributed by atoms with Crippen LogP contribution in [-0.2, 0) is 12.8 Å². The van der Waals surface area contributed by atoms with E-state index in [-0.39, 0.29) is 11.1 Å². The quantitative estimate of drug-likeness (QED) is 0.430. The predicted octanol–water partition coefficient (Wildman–Crippen LogP) is 4.41. The molecule has 3 aromatic heterocycles. The van der Waals surface area contributed by atoms with E-state index in [4.69, 9.17) is 16.0 Å². The normalized spacial score (nSPS) is 11.5. The zero-order valence-electron chi connectivity index (χ0n) is 15.2. The number of aromatic nitrogens is 5. The van der Waals surface area contributed by atoms with Crippen molar-refractivity contribution in [2.75, 3.05) is 0 Å². The number of nitrogens with one attached hydrogen (secondary N) is 1. The second-order valence-corrected chi connectivity index (χ2v) is 7.77. The van der Waals surface area contributed by atoms with Crippen molar-refractivity contribution in [1.29, 1.82) is 0 Å². The van der Waals surface area contributed by atoms with Crippen LogP contribution in [0.15, 0.2) is 62.9 Å². The third-order valence-corrected chi connectivity index (χ3v) is 5.93. The number of halogens is 1. The molecule has 1 N–H and O–H groups in total. The van der Waals surface area contributed by atoms with Crippen LogP contribution in [0.3, 0.4) is 0 Å². The van der Waals surface area contributed by atoms with E-state index >= 15 is 0 Å². The van der Waals surface area contributed by atoms with Gasteiger partial charge in [0.25, 0.3) is 5.56 Å². The lowest BCUT2D eigenvalue weighted by Crippen LogP contribution is -2.10. The molecular formula is C20H14ClN5O2S. The molecule has 0 spiro atoms. The van der Waals surface area contributed by atoms with E-state index in [1.54, 1.807) is 0 Å². The van der Waals surface area contributed by atoms with Crippen LogP contribution in [0.5, 0.6) is 0 Å². The number of para-hydroxylation sites is 1. The number of H-pyrrole nitrogens is 1. The maximum Gasteiger partial charge on any atom is 0.294 e. The summed E-state index contributed by atoms with van der Waals surface area (Å²) in [4.78, 5) is 19.8. The number of benzene rings is 2. The Labute approximate surface area is 173 Å². The Morgan fingerprint density at radius 3 is 2.79 bits per heavy atom. The first-order valence-corrected chi connectivity index (χ1v) is 10.2. The van der Waals surface area contributed by atoms with Gasteiger partial charge in [-0.2, -0.15) is 0 Å². The molecule has 2 aromatic carbocycles. The molecule has 0 bridgehead atoms. The van der Waals surface area contributed by atoms with Gasteiger partial charge in [-0.1, -0.05) is 47.6 Å². The van der Waals surface area contributed by atoms with Crippen molar-refractivity contribution >= 4 is 45.4 Å². The highest BCUT2D eigenvalue weighted by atomic mass is 35.5. The molecule has 3 heterocycles. The molecule has 0 saturated heterocycles. The molecule has 0 atom stereocenters. The van der Waals surface area contributed by atoms with Gasteiger partial charge in [-0.15, -0.1) is 10.2 Å². The van der Waals surface area contributed by atoms with E-state index in [1.807, 2.05) is 60.1 Å². The topological polar surface area (TPSA) is 89.6 Å². The van der Waals surface area contributed by atoms with Gasteiger partial charge in [0.15, 0.2) is 11.0 Å². The molecule has 0 fully saturated rings. The molecule has 5 aromatic rings. The number of thioether (sulfide) groups is 1. The number of hydrogen-bond acceptors (Lipinski definition) is 6. The first-order valence-electron chi connectivity index (χ1n) is 8.79. The fraction of sp³-hybridized carbons (Fsp3) is 0.100. The Hall–Kier alpha value is -3.10. The minimum Gasteiger partial charge on any atom is -0.449 e. The highest BCUT2D eigenvalue weighted by molar-refractivity contribution is 7.98. The Morgan fingerprint density at radius 1 is 1.14 bits per heavy atom. The molecule has 5 rings (SSSR count). The first-order chi connectivity index (χ1) is 14.1. The van der Waals surface area contributed by atoms with E-state index in [1.165, 1.54) is 11.8 Å². The number of nitrogens with zero attached hydrogens (tertiary/aromatic N) is 4. The van der Waals surface area contributed by atoms with Crippen LogP contribution in [0.4, 0.5) is 0 Å². The van der Waals surface area contributed by atoms with Gasteiger partial charge in [-0.05, 0) is 24.3 Å². The van der Waals surface area contributed by atoms with Crippen LogP contribution < -0.4 is 5.56 Å². The van der Waals surface area contributed by atoms with E-state index in [2.05, 4.69) is 20.2 Å². The zero-order valence-corrected chi connectivity index (χ0v) is 16.8. The van der Waals surface area contributed by atoms with Gasteiger partial charge >= 0.3 is 0 Å². The summed E-state index contributed by atoms with van der Waals surface area (Å²) in [7, 11) is 1.88. The summed E-state index contributed by atoms with van der Waals surface area (Å²) in [6, 6.07) is 15.0. The summed E-state index contributed by atoms with van der Waals surface area (Å²) in [6.07, 6.45) is 0. The number of aromatic amines is 1. The summed E-state index contributed by atoms with van der Waals surface area (Å²) in [5.41, 5.74) is 1.96. The minimum atomic E-state index is -0.295. The van der Waals surface area contributed by atoms with Crippen molar-refractivity contribution in [1.82, 2.24) is 24.7 Å². The van der Waals surface area contributed by atoms with Crippen molar-refractivity contribution in [2.24, 2.45) is 7.05 Å². The van der Waals surface area contributed by atoms with Crippen LogP contribution in [0.25, 0.3) is 33.5 Å². The summed E-state index contributed by atoms with van der Waals surface area (Å²) >= 11 is 7.71. The SMILES string of the molecule is Cn1c(SCc2nc3c(oc4ccccc43)c(=O)[nH]2)nnc1-c1ccccc1Cl. The Kier molecular flexibility index (Phi) is 4.37. The molecule has 0 aliphatic carbocycles. The molecule has 29 heavy (non-hydrogen) atoms. The maximum absolute atomic E-state index is 12.4. The lowest BCUT2D eigenvalue weighted by molar-refractivity contribution is 0.660. The van der Waals surface area contributed by atoms with E-state index in [0.29, 0.717) is 38.7 Å². The van der Waals surface area contributed by atoms with Gasteiger partial charge in [0.1, 0.15) is 16.9 Å². The van der Waals surface area contributed by atoms with Gasteiger partial charge in [-0.25, -0.2) is 4.98 Å². The lowest BCUT2D eigenvalue weighted by Gasteiger charge is -2.05. The molecular weight excluding hydrogens is 410 g/mol. The molecule has 0 amide bonds. The average molecular weight is 424 g/mol. The van der Waals surface area contributed by atoms with Crippen molar-refractivity contribution in [3.05, 3.63) is 69.7 Å². The van der Waals surface area contributed by atoms with Crippen LogP contribution in [-0.4, -0.2) is 24.7 Å². The van der Waals surface area contributed by atoms with Crippen LogP contribution in [0.1, 0.15) is 5.82 Å². The molecule has 0 saturated carbocycles. The highest BCUT2D eigenvalue weighted by Gasteiger charge is 2.16. The van der Waals surface area contributed by atoms with Crippen LogP contribution in [0.2, 0.25) is 5.02 Å². The third-order valence-electron chi connectivity index (χ3n) is 4.57. The number of hydrogen-bond donors (Lipinski definition) is 1. The third kappa shape index (κ3) is 3.10. The Bertz CT molecular complexity index is 1420. The molecule has 0 aliphatic heterocycles. The zero-order chi connectivity index (χ0) is 20.0. The average Bonchev–Trinajstić information content (AvgIpc) is 3.28. The van der Waals surface area contributed by atoms with Crippen molar-refractivity contribution in [2.45, 2.75) is 10.9 Å². The summed E-state index contributed by atoms with van der Waals surface area (Å²) in [5, 5.41) is 10.6. The summed E-state index contributed by atoms with van der Waals surface area (Å²) < 4.78 is 7.50. The monoisotopic (exact) mass is 423 g/mol. The molecule has 0 unspecified atom stereocenters. The minimum absolute atomic E-state index is 0.236. The second-order valence-electron chi connectivity index (χ2n) is 6.42. The van der Waals surface area contributed by atoms with Gasteiger partial charge in [0.05, 0.1) is 10.8 Å². The fourth-order valence-corrected chi connectivity index (χ4v) is 4.17. The molecule has 144 valence electrons. The van der Waals surface area contributed by atoms with E-state index in [9.17, 15) is 4.79 Å². The van der Waals surface area contributed by atoms with Crippen molar-refractivity contribution in [3.8, 4) is 11.4 Å². The fourth-order valence-electron chi connectivity index (χ4n) is 3.17. The second kappa shape index (κ2) is 7.06. The van der Waals surface area contributed by atoms with E-state index in [0.717, 1.165) is 10.9 Å². The van der Waals surface area contributed by atoms with E-state index < -0.39 is 0 Å². The molecule has 0 radical (unpaired) electrons. The maximum atomic E-state index is 12.4. The van der Waals surface area contributed by atoms with Gasteiger partial charge < -0.3 is 14.0 Å². The molecule has 9 heteroatoms. The predicted molar refractivity (Wildman–Crippen MR) is 113 cm³/mol. The summed E-state index contributed by atoms with van der Waals surface area (Å²) in [6.45, 7) is 0. The summed E-state index contributed by atoms with van der Waals surface area (Å²) in [5.74, 6) is 1.65. The highest BCUT2D eigenvalue weighted by Crippen LogP contribution is 2.29. The first kappa shape index (κ1) is 18.0. The van der Waals surface area contributed by atoms with Crippen LogP contribution in [0, 0.1) is 0 Å². The van der Waals surface area contributed by atoms with Crippen molar-refractivity contribution < 1.29 is 4.42 Å². The smallest absolute Gasteiger partial charge is 0.294 e. The standard InChI is InChI=1S/C20H14ClN5O2S/c1-26-18(11-6-2-4-8-13(11)21)24-25-20(26)29-10-15-22-16-12-7-3-5-9-14(12)28-17(16)19(27)23-15/h2-9H,10H2,1H3,(H,22,23,27). The number of rotatable bonds is 4. The van der Waals surface area contributed by atoms with Crippen LogP contribution >= 0.6 is 23.4 Å². The van der Waals surface area contributed by atoms with Gasteiger partial charge in [-0.3, -0.25) is 4.79 Å². The lowest BCUT2D eigenvalue weighted by atomic mass is 10.2. The molecule has 0 aliphatic rings. The van der Waals surface area contributed by atoms with Gasteiger partial charge in [0, 0.05) is 18.0 Å². The van der Waals surface area contributed by atoms with Gasteiger partial charge in [0.2, 0.25) is 5.58 Å². The van der Waals surface area contributed by atoms with Crippen molar-refractivity contribution in [3.63, 3.8) is 0 Å². The Morgan fingerprint density at radius 2 is 1.93 bits per heavy atom. The molecule has 7 nitrogen and oxygen atoms in total.